The van der Waals surface area contributed by atoms with Crippen LogP contribution in [0.15, 0.2) is 24.3 Å². The summed E-state index contributed by atoms with van der Waals surface area (Å²) in [6.45, 7) is 2.58. The van der Waals surface area contributed by atoms with E-state index in [-0.39, 0.29) is 0 Å². The molecule has 5 nitrogen and oxygen atoms in total. The van der Waals surface area contributed by atoms with Gasteiger partial charge in [-0.25, -0.2) is 9.44 Å². The van der Waals surface area contributed by atoms with Gasteiger partial charge in [-0.15, -0.1) is 0 Å². The van der Waals surface area contributed by atoms with Crippen LogP contribution in [-0.4, -0.2) is 28.6 Å². The van der Waals surface area contributed by atoms with Crippen LogP contribution in [0.1, 0.15) is 18.9 Å². The van der Waals surface area contributed by atoms with E-state index in [1.165, 1.54) is 5.56 Å². The number of hydrogen-bond acceptors (Lipinski definition) is 3. The summed E-state index contributed by atoms with van der Waals surface area (Å²) >= 11 is 0. The van der Waals surface area contributed by atoms with E-state index in [0.717, 1.165) is 18.6 Å². The van der Waals surface area contributed by atoms with Crippen LogP contribution < -0.4 is 14.2 Å². The van der Waals surface area contributed by atoms with Crippen LogP contribution >= 0.6 is 0 Å². The van der Waals surface area contributed by atoms with E-state index in [2.05, 4.69) is 9.44 Å². The summed E-state index contributed by atoms with van der Waals surface area (Å²) in [6.07, 6.45) is 1.59. The number of nitrogens with one attached hydrogen (secondary N) is 2. The Bertz CT molecular complexity index is 443. The second kappa shape index (κ2) is 7.35. The molecule has 6 heteroatoms. The third kappa shape index (κ3) is 5.48. The number of hydrogen-bond donors (Lipinski definition) is 2. The standard InChI is InChI=1S/C12H20N2O3S/c1-3-13-18(15,16)14-10-4-5-11-6-8-12(17-2)9-7-11/h6-9,13-14H,3-5,10H2,1-2H3. The number of ether oxygens (including phenoxy) is 1. The molecule has 1 aromatic rings. The zero-order chi connectivity index (χ0) is 13.4. The first kappa shape index (κ1) is 14.9. The van der Waals surface area contributed by atoms with Crippen molar-refractivity contribution in [2.75, 3.05) is 20.2 Å². The molecule has 18 heavy (non-hydrogen) atoms. The van der Waals surface area contributed by atoms with Crippen molar-refractivity contribution >= 4 is 10.2 Å². The minimum absolute atomic E-state index is 0.397. The minimum atomic E-state index is -3.32. The highest BCUT2D eigenvalue weighted by atomic mass is 32.2. The normalized spacial score (nSPS) is 11.4. The molecule has 0 fully saturated rings. The van der Waals surface area contributed by atoms with Gasteiger partial charge in [-0.3, -0.25) is 0 Å². The van der Waals surface area contributed by atoms with Gasteiger partial charge in [-0.1, -0.05) is 19.1 Å². The fourth-order valence-electron chi connectivity index (χ4n) is 1.53. The Kier molecular flexibility index (Phi) is 6.11. The van der Waals surface area contributed by atoms with Crippen LogP contribution in [0.4, 0.5) is 0 Å². The van der Waals surface area contributed by atoms with E-state index in [4.69, 9.17) is 4.74 Å². The van der Waals surface area contributed by atoms with Gasteiger partial charge in [0.1, 0.15) is 5.75 Å². The first-order valence-electron chi connectivity index (χ1n) is 5.94. The van der Waals surface area contributed by atoms with Crippen molar-refractivity contribution in [3.05, 3.63) is 29.8 Å². The Balaban J connectivity index is 2.29. The molecule has 0 saturated carbocycles. The number of methoxy groups -OCH3 is 1. The predicted octanol–water partition coefficient (Wildman–Crippen LogP) is 1.07. The molecule has 0 aliphatic carbocycles. The quantitative estimate of drug-likeness (QED) is 0.696. The van der Waals surface area contributed by atoms with E-state index in [9.17, 15) is 8.42 Å². The Labute approximate surface area is 109 Å². The SMILES string of the molecule is CCNS(=O)(=O)NCCCc1ccc(OC)cc1. The maximum Gasteiger partial charge on any atom is 0.276 e. The monoisotopic (exact) mass is 272 g/mol. The third-order valence-corrected chi connectivity index (χ3v) is 3.68. The molecule has 0 radical (unpaired) electrons. The van der Waals surface area contributed by atoms with E-state index >= 15 is 0 Å². The smallest absolute Gasteiger partial charge is 0.276 e. The molecule has 0 aliphatic rings. The maximum atomic E-state index is 11.3. The largest absolute Gasteiger partial charge is 0.497 e. The summed E-state index contributed by atoms with van der Waals surface area (Å²) in [5, 5.41) is 0. The highest BCUT2D eigenvalue weighted by Gasteiger charge is 2.05. The molecule has 0 amide bonds. The van der Waals surface area contributed by atoms with Crippen LogP contribution in [-0.2, 0) is 16.6 Å². The zero-order valence-electron chi connectivity index (χ0n) is 10.8. The van der Waals surface area contributed by atoms with Crippen molar-refractivity contribution in [3.8, 4) is 5.75 Å². The van der Waals surface area contributed by atoms with Gasteiger partial charge < -0.3 is 4.74 Å². The van der Waals surface area contributed by atoms with Gasteiger partial charge in [0.15, 0.2) is 0 Å². The second-order valence-electron chi connectivity index (χ2n) is 3.85. The summed E-state index contributed by atoms with van der Waals surface area (Å²) in [4.78, 5) is 0. The molecule has 0 heterocycles. The first-order valence-corrected chi connectivity index (χ1v) is 7.43. The van der Waals surface area contributed by atoms with E-state index in [1.807, 2.05) is 24.3 Å². The molecular formula is C12H20N2O3S. The second-order valence-corrected chi connectivity index (χ2v) is 5.43. The first-order chi connectivity index (χ1) is 8.57. The van der Waals surface area contributed by atoms with Crippen LogP contribution in [0, 0.1) is 0 Å². The Hall–Kier alpha value is -1.11. The van der Waals surface area contributed by atoms with Crippen molar-refractivity contribution < 1.29 is 13.2 Å². The van der Waals surface area contributed by atoms with Crippen molar-refractivity contribution in [3.63, 3.8) is 0 Å². The lowest BCUT2D eigenvalue weighted by Crippen LogP contribution is -2.36. The summed E-state index contributed by atoms with van der Waals surface area (Å²) in [5.74, 6) is 0.826. The van der Waals surface area contributed by atoms with Gasteiger partial charge in [-0.05, 0) is 30.5 Å². The average molecular weight is 272 g/mol. The van der Waals surface area contributed by atoms with Gasteiger partial charge >= 0.3 is 0 Å². The number of rotatable bonds is 8. The van der Waals surface area contributed by atoms with Crippen LogP contribution in [0.5, 0.6) is 5.75 Å². The average Bonchev–Trinajstić information content (AvgIpc) is 2.35. The highest BCUT2D eigenvalue weighted by Crippen LogP contribution is 2.12. The molecule has 0 aromatic heterocycles. The molecule has 2 N–H and O–H groups in total. The van der Waals surface area contributed by atoms with Gasteiger partial charge in [0.25, 0.3) is 10.2 Å². The molecule has 0 spiro atoms. The van der Waals surface area contributed by atoms with Gasteiger partial charge in [-0.2, -0.15) is 8.42 Å². The fraction of sp³-hybridized carbons (Fsp3) is 0.500. The molecule has 0 saturated heterocycles. The lowest BCUT2D eigenvalue weighted by atomic mass is 10.1. The number of benzene rings is 1. The van der Waals surface area contributed by atoms with E-state index in [0.29, 0.717) is 13.1 Å². The minimum Gasteiger partial charge on any atom is -0.497 e. The van der Waals surface area contributed by atoms with Crippen LogP contribution in [0.25, 0.3) is 0 Å². The topological polar surface area (TPSA) is 67.4 Å². The summed E-state index contributed by atoms with van der Waals surface area (Å²) in [6, 6.07) is 7.77. The molecule has 0 atom stereocenters. The van der Waals surface area contributed by atoms with Crippen molar-refractivity contribution in [1.82, 2.24) is 9.44 Å². The Morgan fingerprint density at radius 1 is 1.17 bits per heavy atom. The Morgan fingerprint density at radius 3 is 2.39 bits per heavy atom. The molecule has 1 aromatic carbocycles. The van der Waals surface area contributed by atoms with Crippen molar-refractivity contribution in [1.29, 1.82) is 0 Å². The molecule has 1 rings (SSSR count). The molecule has 0 unspecified atom stereocenters. The molecular weight excluding hydrogens is 252 g/mol. The van der Waals surface area contributed by atoms with E-state index < -0.39 is 10.2 Å². The molecule has 0 bridgehead atoms. The lowest BCUT2D eigenvalue weighted by molar-refractivity contribution is 0.414. The maximum absolute atomic E-state index is 11.3. The summed E-state index contributed by atoms with van der Waals surface area (Å²) in [7, 11) is -1.69. The third-order valence-electron chi connectivity index (χ3n) is 2.43. The van der Waals surface area contributed by atoms with Gasteiger partial charge in [0.05, 0.1) is 7.11 Å². The molecule has 102 valence electrons. The summed E-state index contributed by atoms with van der Waals surface area (Å²) in [5.41, 5.74) is 1.17. The predicted molar refractivity (Wildman–Crippen MR) is 71.9 cm³/mol. The highest BCUT2D eigenvalue weighted by molar-refractivity contribution is 7.87. The van der Waals surface area contributed by atoms with Crippen LogP contribution in [0.3, 0.4) is 0 Å². The van der Waals surface area contributed by atoms with Gasteiger partial charge in [0.2, 0.25) is 0 Å². The number of aryl methyl sites for hydroxylation is 1. The van der Waals surface area contributed by atoms with E-state index in [1.54, 1.807) is 14.0 Å². The fourth-order valence-corrected chi connectivity index (χ4v) is 2.43. The summed E-state index contributed by atoms with van der Waals surface area (Å²) < 4.78 is 32.5. The van der Waals surface area contributed by atoms with Gasteiger partial charge in [0, 0.05) is 13.1 Å². The van der Waals surface area contributed by atoms with Crippen LogP contribution in [0.2, 0.25) is 0 Å². The van der Waals surface area contributed by atoms with Crippen molar-refractivity contribution in [2.45, 2.75) is 19.8 Å². The van der Waals surface area contributed by atoms with Crippen molar-refractivity contribution in [2.24, 2.45) is 0 Å². The Morgan fingerprint density at radius 2 is 1.83 bits per heavy atom. The molecule has 0 aliphatic heterocycles. The lowest BCUT2D eigenvalue weighted by Gasteiger charge is -2.06. The zero-order valence-corrected chi connectivity index (χ0v) is 11.6.